The van der Waals surface area contributed by atoms with E-state index in [-0.39, 0.29) is 12.0 Å². The Bertz CT molecular complexity index is 379. The van der Waals surface area contributed by atoms with E-state index in [4.69, 9.17) is 20.4 Å². The Labute approximate surface area is 101 Å². The van der Waals surface area contributed by atoms with Gasteiger partial charge in [-0.2, -0.15) is 0 Å². The van der Waals surface area contributed by atoms with Gasteiger partial charge >= 0.3 is 23.9 Å². The summed E-state index contributed by atoms with van der Waals surface area (Å²) in [6.07, 6.45) is 1.13. The van der Waals surface area contributed by atoms with Crippen molar-refractivity contribution in [2.75, 3.05) is 0 Å². The molecule has 0 saturated carbocycles. The van der Waals surface area contributed by atoms with E-state index in [1.807, 2.05) is 0 Å². The molecule has 8 heteroatoms. The fourth-order valence-corrected chi connectivity index (χ4v) is 0.519. The molecule has 4 N–H and O–H groups in total. The van der Waals surface area contributed by atoms with E-state index in [0.29, 0.717) is 0 Å². The highest BCUT2D eigenvalue weighted by Gasteiger charge is 2.07. The average Bonchev–Trinajstić information content (AvgIpc) is 2.15. The zero-order valence-corrected chi connectivity index (χ0v) is 9.20. The Balaban J connectivity index is 0. The second-order valence-electron chi connectivity index (χ2n) is 2.82. The lowest BCUT2D eigenvalue weighted by atomic mass is 10.2. The Morgan fingerprint density at radius 3 is 1.67 bits per heavy atom. The van der Waals surface area contributed by atoms with Crippen LogP contribution < -0.4 is 0 Å². The Morgan fingerprint density at radius 2 is 1.44 bits per heavy atom. The molecule has 0 rings (SSSR count). The summed E-state index contributed by atoms with van der Waals surface area (Å²) < 4.78 is 0. The predicted molar refractivity (Wildman–Crippen MR) is 58.1 cm³/mol. The normalized spacial score (nSPS) is 9.11. The summed E-state index contributed by atoms with van der Waals surface area (Å²) >= 11 is 0. The van der Waals surface area contributed by atoms with Gasteiger partial charge in [0.25, 0.3) is 0 Å². The fraction of sp³-hybridized carbons (Fsp3) is 0.200. The van der Waals surface area contributed by atoms with Crippen LogP contribution in [0.4, 0.5) is 0 Å². The lowest BCUT2D eigenvalue weighted by Gasteiger charge is -1.91. The highest BCUT2D eigenvalue weighted by atomic mass is 16.4. The third kappa shape index (κ3) is 15.8. The number of rotatable bonds is 6. The Hall–Kier alpha value is -2.64. The van der Waals surface area contributed by atoms with Crippen molar-refractivity contribution in [3.63, 3.8) is 0 Å². The molecule has 0 aromatic carbocycles. The van der Waals surface area contributed by atoms with E-state index in [1.54, 1.807) is 0 Å². The van der Waals surface area contributed by atoms with E-state index < -0.39 is 30.3 Å². The molecule has 0 aliphatic carbocycles. The van der Waals surface area contributed by atoms with Crippen LogP contribution in [0.1, 0.15) is 12.8 Å². The molecule has 0 aromatic heterocycles. The summed E-state index contributed by atoms with van der Waals surface area (Å²) in [5.74, 6) is -4.61. The van der Waals surface area contributed by atoms with Crippen molar-refractivity contribution in [3.05, 3.63) is 24.3 Å². The van der Waals surface area contributed by atoms with Crippen molar-refractivity contribution in [1.29, 1.82) is 0 Å². The first-order valence-corrected chi connectivity index (χ1v) is 4.41. The molecule has 0 unspecified atom stereocenters. The molecule has 8 nitrogen and oxygen atoms in total. The number of aliphatic carboxylic acids is 4. The number of carbonyl (C=O) groups is 4. The summed E-state index contributed by atoms with van der Waals surface area (Å²) in [5.41, 5.74) is -0.303. The van der Waals surface area contributed by atoms with Crippen LogP contribution in [-0.2, 0) is 19.2 Å². The first-order chi connectivity index (χ1) is 8.16. The Kier molecular flexibility index (Phi) is 9.44. The molecular weight excluding hydrogens is 248 g/mol. The van der Waals surface area contributed by atoms with Crippen molar-refractivity contribution in [1.82, 2.24) is 0 Å². The van der Waals surface area contributed by atoms with Crippen molar-refractivity contribution in [2.24, 2.45) is 0 Å². The van der Waals surface area contributed by atoms with Crippen LogP contribution in [-0.4, -0.2) is 44.3 Å². The molecule has 0 heterocycles. The van der Waals surface area contributed by atoms with Crippen molar-refractivity contribution < 1.29 is 39.6 Å². The van der Waals surface area contributed by atoms with Gasteiger partial charge in [-0.05, 0) is 0 Å². The van der Waals surface area contributed by atoms with Gasteiger partial charge in [-0.3, -0.25) is 9.59 Å². The molecule has 0 spiro atoms. The van der Waals surface area contributed by atoms with Gasteiger partial charge < -0.3 is 20.4 Å². The predicted octanol–water partition coefficient (Wildman–Crippen LogP) is 0.204. The van der Waals surface area contributed by atoms with E-state index >= 15 is 0 Å². The minimum atomic E-state index is -1.27. The first-order valence-electron chi connectivity index (χ1n) is 4.41. The quantitative estimate of drug-likeness (QED) is 0.495. The lowest BCUT2D eigenvalue weighted by Crippen LogP contribution is -2.04. The number of hydrogen-bond acceptors (Lipinski definition) is 4. The third-order valence-electron chi connectivity index (χ3n) is 1.22. The van der Waals surface area contributed by atoms with Gasteiger partial charge in [0.15, 0.2) is 0 Å². The van der Waals surface area contributed by atoms with Gasteiger partial charge in [0, 0.05) is 11.6 Å². The van der Waals surface area contributed by atoms with E-state index in [1.165, 1.54) is 0 Å². The molecule has 0 radical (unpaired) electrons. The second-order valence-corrected chi connectivity index (χ2v) is 2.82. The zero-order chi connectivity index (χ0) is 14.7. The third-order valence-corrected chi connectivity index (χ3v) is 1.22. The topological polar surface area (TPSA) is 149 Å². The lowest BCUT2D eigenvalue weighted by molar-refractivity contribution is -0.139. The summed E-state index contributed by atoms with van der Waals surface area (Å²) in [7, 11) is 0. The van der Waals surface area contributed by atoms with E-state index in [2.05, 4.69) is 6.58 Å². The summed E-state index contributed by atoms with van der Waals surface area (Å²) in [5, 5.41) is 32.0. The molecule has 0 atom stereocenters. The molecule has 0 bridgehead atoms. The van der Waals surface area contributed by atoms with Crippen LogP contribution >= 0.6 is 0 Å². The average molecular weight is 260 g/mol. The summed E-state index contributed by atoms with van der Waals surface area (Å²) in [6.45, 7) is 3.01. The Morgan fingerprint density at radius 1 is 0.944 bits per heavy atom. The highest BCUT2D eigenvalue weighted by molar-refractivity contribution is 5.91. The molecule has 0 aromatic rings. The molecule has 0 fully saturated rings. The number of hydrogen-bond donors (Lipinski definition) is 4. The monoisotopic (exact) mass is 260 g/mol. The minimum absolute atomic E-state index is 0.244. The van der Waals surface area contributed by atoms with Gasteiger partial charge in [0.1, 0.15) is 0 Å². The maximum Gasteiger partial charge on any atom is 0.331 e. The van der Waals surface area contributed by atoms with Crippen molar-refractivity contribution in [3.8, 4) is 0 Å². The van der Waals surface area contributed by atoms with Crippen LogP contribution in [0.3, 0.4) is 0 Å². The fourth-order valence-electron chi connectivity index (χ4n) is 0.519. The van der Waals surface area contributed by atoms with Crippen LogP contribution in [0.5, 0.6) is 0 Å². The maximum atomic E-state index is 9.87. The molecule has 0 aliphatic rings. The van der Waals surface area contributed by atoms with Gasteiger partial charge in [0.2, 0.25) is 0 Å². The van der Waals surface area contributed by atoms with Crippen molar-refractivity contribution in [2.45, 2.75) is 12.8 Å². The van der Waals surface area contributed by atoms with Gasteiger partial charge in [0.05, 0.1) is 12.8 Å². The highest BCUT2D eigenvalue weighted by Crippen LogP contribution is 1.95. The van der Waals surface area contributed by atoms with Crippen LogP contribution in [0.25, 0.3) is 0 Å². The summed E-state index contributed by atoms with van der Waals surface area (Å²) in [6, 6.07) is 0. The van der Waals surface area contributed by atoms with Gasteiger partial charge in [-0.1, -0.05) is 12.7 Å². The zero-order valence-electron chi connectivity index (χ0n) is 9.20. The first kappa shape index (κ1) is 17.7. The van der Waals surface area contributed by atoms with Gasteiger partial charge in [-0.15, -0.1) is 0 Å². The number of carboxylic acid groups (broad SMARTS) is 4. The van der Waals surface area contributed by atoms with Crippen LogP contribution in [0, 0.1) is 0 Å². The molecule has 0 aliphatic heterocycles. The molecule has 0 saturated heterocycles. The minimum Gasteiger partial charge on any atom is -0.481 e. The van der Waals surface area contributed by atoms with Crippen LogP contribution in [0.15, 0.2) is 24.3 Å². The molecule has 100 valence electrons. The van der Waals surface area contributed by atoms with Gasteiger partial charge in [-0.25, -0.2) is 9.59 Å². The molecular formula is C10H12O8. The molecule has 18 heavy (non-hydrogen) atoms. The van der Waals surface area contributed by atoms with E-state index in [9.17, 15) is 19.2 Å². The second kappa shape index (κ2) is 9.58. The SMILES string of the molecule is C=C(CC(=O)O)C(=O)O.O=C(O)/C=C/CC(=O)O. The summed E-state index contributed by atoms with van der Waals surface area (Å²) in [4.78, 5) is 39.1. The smallest absolute Gasteiger partial charge is 0.331 e. The maximum absolute atomic E-state index is 9.87. The standard InChI is InChI=1S/2C5H6O4/c1-3(5(8)9)2-4(6)7;6-4(7)2-1-3-5(8)9/h1-2H2,(H,6,7)(H,8,9);1-2H,3H2,(H,6,7)(H,8,9)/b;2-1+. The van der Waals surface area contributed by atoms with Crippen molar-refractivity contribution >= 4 is 23.9 Å². The number of carboxylic acids is 4. The van der Waals surface area contributed by atoms with E-state index in [0.717, 1.165) is 12.2 Å². The largest absolute Gasteiger partial charge is 0.481 e. The molecule has 0 amide bonds. The van der Waals surface area contributed by atoms with Crippen LogP contribution in [0.2, 0.25) is 0 Å².